The van der Waals surface area contributed by atoms with E-state index in [0.29, 0.717) is 11.3 Å². The number of hydrogen-bond donors (Lipinski definition) is 2. The predicted octanol–water partition coefficient (Wildman–Crippen LogP) is 1.47. The van der Waals surface area contributed by atoms with Crippen molar-refractivity contribution in [2.45, 2.75) is 10.9 Å². The lowest BCUT2D eigenvalue weighted by molar-refractivity contribution is -0.127. The van der Waals surface area contributed by atoms with Gasteiger partial charge in [0.1, 0.15) is 12.6 Å². The van der Waals surface area contributed by atoms with E-state index >= 15 is 0 Å². The number of nitrogens with two attached hydrogens (primary N) is 1. The van der Waals surface area contributed by atoms with Crippen LogP contribution in [0.2, 0.25) is 0 Å². The summed E-state index contributed by atoms with van der Waals surface area (Å²) in [5.41, 5.74) is 6.72. The van der Waals surface area contributed by atoms with Crippen LogP contribution >= 0.6 is 11.8 Å². The first kappa shape index (κ1) is 17.0. The van der Waals surface area contributed by atoms with E-state index in [4.69, 9.17) is 5.73 Å². The zero-order valence-electron chi connectivity index (χ0n) is 13.3. The molecule has 0 aliphatic carbocycles. The molecule has 7 heteroatoms. The van der Waals surface area contributed by atoms with Crippen LogP contribution in [0.4, 0.5) is 5.69 Å². The fourth-order valence-corrected chi connectivity index (χ4v) is 3.58. The second-order valence-electron chi connectivity index (χ2n) is 5.55. The van der Waals surface area contributed by atoms with Gasteiger partial charge in [-0.15, -0.1) is 11.8 Å². The van der Waals surface area contributed by atoms with E-state index in [2.05, 4.69) is 5.32 Å². The number of rotatable bonds is 5. The first-order chi connectivity index (χ1) is 12.1. The number of benzene rings is 2. The van der Waals surface area contributed by atoms with Crippen molar-refractivity contribution in [2.75, 3.05) is 17.2 Å². The van der Waals surface area contributed by atoms with Crippen LogP contribution in [0.3, 0.4) is 0 Å². The summed E-state index contributed by atoms with van der Waals surface area (Å²) in [4.78, 5) is 38.7. The number of nitrogens with zero attached hydrogens (tertiary/aromatic N) is 1. The van der Waals surface area contributed by atoms with E-state index in [9.17, 15) is 14.4 Å². The molecule has 0 aromatic heterocycles. The molecule has 0 saturated heterocycles. The van der Waals surface area contributed by atoms with Gasteiger partial charge in [0.15, 0.2) is 0 Å². The van der Waals surface area contributed by atoms with E-state index in [0.717, 1.165) is 4.90 Å². The van der Waals surface area contributed by atoms with Crippen LogP contribution in [0.25, 0.3) is 0 Å². The molecule has 6 nitrogen and oxygen atoms in total. The van der Waals surface area contributed by atoms with Gasteiger partial charge in [-0.05, 0) is 17.7 Å². The summed E-state index contributed by atoms with van der Waals surface area (Å²) in [6.45, 7) is -0.160. The summed E-state index contributed by atoms with van der Waals surface area (Å²) < 4.78 is 0. The number of primary amides is 1. The third kappa shape index (κ3) is 3.83. The molecule has 3 rings (SSSR count). The summed E-state index contributed by atoms with van der Waals surface area (Å²) in [6, 6.07) is 15.3. The predicted molar refractivity (Wildman–Crippen MR) is 96.0 cm³/mol. The molecule has 0 bridgehead atoms. The van der Waals surface area contributed by atoms with E-state index in [1.807, 2.05) is 24.3 Å². The molecule has 0 fully saturated rings. The average Bonchev–Trinajstić information content (AvgIpc) is 2.62. The molecule has 0 spiro atoms. The molecule has 1 heterocycles. The van der Waals surface area contributed by atoms with Crippen molar-refractivity contribution in [3.05, 3.63) is 60.2 Å². The van der Waals surface area contributed by atoms with Crippen LogP contribution in [0.15, 0.2) is 59.5 Å². The molecular formula is C18H17N3O3S. The Kier molecular flexibility index (Phi) is 5.04. The number of thioether (sulfide) groups is 1. The molecule has 128 valence electrons. The molecule has 0 radical (unpaired) electrons. The van der Waals surface area contributed by atoms with Crippen molar-refractivity contribution in [1.82, 2.24) is 5.32 Å². The maximum absolute atomic E-state index is 12.4. The number of fused-ring (bicyclic) bond motifs is 1. The van der Waals surface area contributed by atoms with E-state index < -0.39 is 17.9 Å². The zero-order valence-corrected chi connectivity index (χ0v) is 14.2. The van der Waals surface area contributed by atoms with Gasteiger partial charge in [-0.3, -0.25) is 14.4 Å². The van der Waals surface area contributed by atoms with Crippen LogP contribution in [0.1, 0.15) is 11.6 Å². The molecule has 3 amide bonds. The monoisotopic (exact) mass is 355 g/mol. The first-order valence-corrected chi connectivity index (χ1v) is 8.70. The van der Waals surface area contributed by atoms with Crippen LogP contribution in [0, 0.1) is 0 Å². The highest BCUT2D eigenvalue weighted by Crippen LogP contribution is 2.34. The van der Waals surface area contributed by atoms with Gasteiger partial charge in [0, 0.05) is 4.90 Å². The molecule has 25 heavy (non-hydrogen) atoms. The maximum Gasteiger partial charge on any atom is 0.244 e. The fraction of sp³-hybridized carbons (Fsp3) is 0.167. The Morgan fingerprint density at radius 2 is 1.80 bits per heavy atom. The van der Waals surface area contributed by atoms with E-state index in [-0.39, 0.29) is 18.2 Å². The Hall–Kier alpha value is -2.80. The number of anilines is 1. The Balaban J connectivity index is 1.76. The number of nitrogens with one attached hydrogen (secondary N) is 1. The fourth-order valence-electron chi connectivity index (χ4n) is 2.64. The summed E-state index contributed by atoms with van der Waals surface area (Å²) in [5, 5.41) is 2.62. The topological polar surface area (TPSA) is 92.5 Å². The van der Waals surface area contributed by atoms with Crippen molar-refractivity contribution in [3.8, 4) is 0 Å². The van der Waals surface area contributed by atoms with Gasteiger partial charge >= 0.3 is 0 Å². The highest BCUT2D eigenvalue weighted by Gasteiger charge is 2.28. The normalized spacial score (nSPS) is 14.6. The highest BCUT2D eigenvalue weighted by atomic mass is 32.2. The largest absolute Gasteiger partial charge is 0.368 e. The Morgan fingerprint density at radius 3 is 2.52 bits per heavy atom. The average molecular weight is 355 g/mol. The van der Waals surface area contributed by atoms with E-state index in [1.54, 1.807) is 30.3 Å². The molecule has 3 N–H and O–H groups in total. The smallest absolute Gasteiger partial charge is 0.244 e. The van der Waals surface area contributed by atoms with Crippen LogP contribution in [-0.2, 0) is 14.4 Å². The number of para-hydroxylation sites is 1. The Bertz CT molecular complexity index is 810. The summed E-state index contributed by atoms with van der Waals surface area (Å²) in [7, 11) is 0. The van der Waals surface area contributed by atoms with Crippen molar-refractivity contribution in [1.29, 1.82) is 0 Å². The molecule has 0 saturated carbocycles. The van der Waals surface area contributed by atoms with Crippen LogP contribution in [-0.4, -0.2) is 30.0 Å². The third-order valence-corrected chi connectivity index (χ3v) is 4.88. The van der Waals surface area contributed by atoms with E-state index in [1.165, 1.54) is 16.7 Å². The molecule has 1 unspecified atom stereocenters. The van der Waals surface area contributed by atoms with Gasteiger partial charge in [-0.2, -0.15) is 0 Å². The summed E-state index contributed by atoms with van der Waals surface area (Å²) in [6.07, 6.45) is 0. The lowest BCUT2D eigenvalue weighted by atomic mass is 10.1. The minimum absolute atomic E-state index is 0.144. The molecular weight excluding hydrogens is 338 g/mol. The highest BCUT2D eigenvalue weighted by molar-refractivity contribution is 8.00. The quantitative estimate of drug-likeness (QED) is 0.849. The second kappa shape index (κ2) is 7.40. The van der Waals surface area contributed by atoms with Gasteiger partial charge in [0.2, 0.25) is 17.7 Å². The Morgan fingerprint density at radius 1 is 1.12 bits per heavy atom. The third-order valence-electron chi connectivity index (χ3n) is 3.83. The lowest BCUT2D eigenvalue weighted by Gasteiger charge is -2.28. The lowest BCUT2D eigenvalue weighted by Crippen LogP contribution is -2.46. The standard InChI is InChI=1S/C18H17N3O3S/c19-18(24)17(12-6-2-1-3-7-12)20-15(22)10-21-13-8-4-5-9-14(13)25-11-16(21)23/h1-9,17H,10-11H2,(H2,19,24)(H,20,22). The summed E-state index contributed by atoms with van der Waals surface area (Å²) >= 11 is 1.45. The van der Waals surface area contributed by atoms with Gasteiger partial charge < -0.3 is 16.0 Å². The van der Waals surface area contributed by atoms with Crippen LogP contribution in [0.5, 0.6) is 0 Å². The number of hydrogen-bond acceptors (Lipinski definition) is 4. The van der Waals surface area contributed by atoms with Gasteiger partial charge in [0.05, 0.1) is 11.4 Å². The molecule has 1 aliphatic rings. The minimum Gasteiger partial charge on any atom is -0.368 e. The van der Waals surface area contributed by atoms with Gasteiger partial charge in [-0.1, -0.05) is 42.5 Å². The summed E-state index contributed by atoms with van der Waals surface area (Å²) in [5.74, 6) is -0.959. The maximum atomic E-state index is 12.4. The Labute approximate surface area is 149 Å². The van der Waals surface area contributed by atoms with Crippen molar-refractivity contribution in [3.63, 3.8) is 0 Å². The second-order valence-corrected chi connectivity index (χ2v) is 6.57. The SMILES string of the molecule is NC(=O)C(NC(=O)CN1C(=O)CSc2ccccc21)c1ccccc1. The van der Waals surface area contributed by atoms with Crippen LogP contribution < -0.4 is 16.0 Å². The first-order valence-electron chi connectivity index (χ1n) is 7.72. The molecule has 2 aromatic carbocycles. The zero-order chi connectivity index (χ0) is 17.8. The molecule has 1 aliphatic heterocycles. The molecule has 2 aromatic rings. The van der Waals surface area contributed by atoms with Gasteiger partial charge in [0.25, 0.3) is 0 Å². The van der Waals surface area contributed by atoms with Crippen molar-refractivity contribution < 1.29 is 14.4 Å². The number of carbonyl (C=O) groups is 3. The van der Waals surface area contributed by atoms with Crippen molar-refractivity contribution >= 4 is 35.2 Å². The van der Waals surface area contributed by atoms with Gasteiger partial charge in [-0.25, -0.2) is 0 Å². The molecule has 1 atom stereocenters. The van der Waals surface area contributed by atoms with Crippen molar-refractivity contribution in [2.24, 2.45) is 5.73 Å². The number of amides is 3. The number of carbonyl (C=O) groups excluding carboxylic acids is 3. The minimum atomic E-state index is -0.932.